The number of benzene rings is 1. The third kappa shape index (κ3) is 2.52. The molecule has 0 heterocycles. The highest BCUT2D eigenvalue weighted by Gasteiger charge is 2.53. The van der Waals surface area contributed by atoms with E-state index in [1.807, 2.05) is 0 Å². The van der Waals surface area contributed by atoms with Crippen LogP contribution in [0.5, 0.6) is 0 Å². The van der Waals surface area contributed by atoms with E-state index in [9.17, 15) is 24.9 Å². The van der Waals surface area contributed by atoms with E-state index in [1.165, 1.54) is 0 Å². The second-order valence-corrected chi connectivity index (χ2v) is 5.16. The van der Waals surface area contributed by atoms with Gasteiger partial charge in [-0.1, -0.05) is 24.3 Å². The summed E-state index contributed by atoms with van der Waals surface area (Å²) in [5.41, 5.74) is 4.83. The highest BCUT2D eigenvalue weighted by atomic mass is 16.4. The highest BCUT2D eigenvalue weighted by molar-refractivity contribution is 5.85. The molecule has 6 heteroatoms. The van der Waals surface area contributed by atoms with E-state index in [0.29, 0.717) is 24.0 Å². The van der Waals surface area contributed by atoms with E-state index in [4.69, 9.17) is 5.73 Å². The molecule has 0 saturated heterocycles. The smallest absolute Gasteiger partial charge is 0.314 e. The Hall–Kier alpha value is -1.92. The summed E-state index contributed by atoms with van der Waals surface area (Å²) < 4.78 is 0. The number of rotatable bonds is 6. The summed E-state index contributed by atoms with van der Waals surface area (Å²) in [6.07, 6.45) is -2.07. The standard InChI is InChI=1S/C14H17NO5/c15-11(17)7-10(16)12(18)8-3-1-2-4-9(8)14(5-6-14)13(19)20/h1-4,10,12,16,18H,5-7H2,(H2,15,17)(H,19,20). The Morgan fingerprint density at radius 3 is 2.35 bits per heavy atom. The lowest BCUT2D eigenvalue weighted by molar-refractivity contribution is -0.140. The number of carbonyl (C=O) groups excluding carboxylic acids is 1. The van der Waals surface area contributed by atoms with Gasteiger partial charge >= 0.3 is 5.97 Å². The van der Waals surface area contributed by atoms with E-state index in [0.717, 1.165) is 0 Å². The largest absolute Gasteiger partial charge is 0.481 e. The predicted octanol–water partition coefficient (Wildman–Crippen LogP) is 0.0725. The van der Waals surface area contributed by atoms with Crippen molar-refractivity contribution < 1.29 is 24.9 Å². The second-order valence-electron chi connectivity index (χ2n) is 5.16. The summed E-state index contributed by atoms with van der Waals surface area (Å²) >= 11 is 0. The van der Waals surface area contributed by atoms with E-state index >= 15 is 0 Å². The maximum absolute atomic E-state index is 11.4. The summed E-state index contributed by atoms with van der Waals surface area (Å²) in [4.78, 5) is 22.2. The number of nitrogens with two attached hydrogens (primary N) is 1. The molecule has 108 valence electrons. The number of primary amides is 1. The summed E-state index contributed by atoms with van der Waals surface area (Å²) in [6, 6.07) is 6.54. The lowest BCUT2D eigenvalue weighted by atomic mass is 9.87. The van der Waals surface area contributed by atoms with Crippen LogP contribution in [0, 0.1) is 0 Å². The van der Waals surface area contributed by atoms with Crippen LogP contribution in [-0.4, -0.2) is 33.3 Å². The minimum absolute atomic E-state index is 0.334. The topological polar surface area (TPSA) is 121 Å². The van der Waals surface area contributed by atoms with Gasteiger partial charge in [-0.15, -0.1) is 0 Å². The molecule has 0 aromatic heterocycles. The van der Waals surface area contributed by atoms with Crippen LogP contribution in [0.4, 0.5) is 0 Å². The third-order valence-corrected chi connectivity index (χ3v) is 3.73. The average molecular weight is 279 g/mol. The predicted molar refractivity (Wildman–Crippen MR) is 69.8 cm³/mol. The molecule has 0 aliphatic heterocycles. The monoisotopic (exact) mass is 279 g/mol. The Balaban J connectivity index is 2.33. The van der Waals surface area contributed by atoms with Crippen molar-refractivity contribution in [1.82, 2.24) is 0 Å². The summed E-state index contributed by atoms with van der Waals surface area (Å²) in [5.74, 6) is -1.67. The number of hydrogen-bond acceptors (Lipinski definition) is 4. The Bertz CT molecular complexity index is 538. The fraction of sp³-hybridized carbons (Fsp3) is 0.429. The molecule has 1 aromatic rings. The zero-order chi connectivity index (χ0) is 14.9. The minimum atomic E-state index is -1.35. The molecule has 6 nitrogen and oxygen atoms in total. The van der Waals surface area contributed by atoms with E-state index in [2.05, 4.69) is 0 Å². The molecular weight excluding hydrogens is 262 g/mol. The van der Waals surface area contributed by atoms with Gasteiger partial charge in [0.15, 0.2) is 0 Å². The van der Waals surface area contributed by atoms with Gasteiger partial charge in [0.2, 0.25) is 5.91 Å². The Kier molecular flexibility index (Phi) is 3.78. The van der Waals surface area contributed by atoms with Crippen molar-refractivity contribution in [3.8, 4) is 0 Å². The molecule has 1 fully saturated rings. The number of hydrogen-bond donors (Lipinski definition) is 4. The number of aliphatic carboxylic acids is 1. The Labute approximate surface area is 115 Å². The molecule has 2 unspecified atom stereocenters. The van der Waals surface area contributed by atoms with Crippen molar-refractivity contribution >= 4 is 11.9 Å². The molecule has 0 spiro atoms. The van der Waals surface area contributed by atoms with Crippen LogP contribution < -0.4 is 5.73 Å². The molecule has 20 heavy (non-hydrogen) atoms. The first-order chi connectivity index (χ1) is 9.38. The van der Waals surface area contributed by atoms with Gasteiger partial charge in [-0.3, -0.25) is 9.59 Å². The summed E-state index contributed by atoms with van der Waals surface area (Å²) in [6.45, 7) is 0. The van der Waals surface area contributed by atoms with Crippen molar-refractivity contribution in [1.29, 1.82) is 0 Å². The van der Waals surface area contributed by atoms with Gasteiger partial charge in [-0.05, 0) is 24.0 Å². The van der Waals surface area contributed by atoms with Crippen molar-refractivity contribution in [2.24, 2.45) is 5.73 Å². The van der Waals surface area contributed by atoms with E-state index in [-0.39, 0.29) is 6.42 Å². The summed E-state index contributed by atoms with van der Waals surface area (Å²) in [5, 5.41) is 29.3. The van der Waals surface area contributed by atoms with Crippen molar-refractivity contribution in [3.05, 3.63) is 35.4 Å². The number of aliphatic hydroxyl groups is 2. The SMILES string of the molecule is NC(=O)CC(O)C(O)c1ccccc1C1(C(=O)O)CC1. The Morgan fingerprint density at radius 2 is 1.85 bits per heavy atom. The molecule has 1 amide bonds. The Morgan fingerprint density at radius 1 is 1.25 bits per heavy atom. The number of carboxylic acids is 1. The normalized spacial score (nSPS) is 19.1. The first-order valence-corrected chi connectivity index (χ1v) is 6.36. The molecule has 1 aliphatic carbocycles. The fourth-order valence-electron chi connectivity index (χ4n) is 2.44. The van der Waals surface area contributed by atoms with Crippen LogP contribution in [0.15, 0.2) is 24.3 Å². The molecule has 2 rings (SSSR count). The van der Waals surface area contributed by atoms with Crippen LogP contribution in [0.3, 0.4) is 0 Å². The number of carboxylic acid groups (broad SMARTS) is 1. The van der Waals surface area contributed by atoms with Crippen LogP contribution in [-0.2, 0) is 15.0 Å². The molecule has 0 radical (unpaired) electrons. The lowest BCUT2D eigenvalue weighted by Gasteiger charge is -2.22. The first-order valence-electron chi connectivity index (χ1n) is 6.36. The van der Waals surface area contributed by atoms with Crippen LogP contribution in [0.25, 0.3) is 0 Å². The van der Waals surface area contributed by atoms with E-state index < -0.39 is 29.5 Å². The quantitative estimate of drug-likeness (QED) is 0.587. The average Bonchev–Trinajstić information content (AvgIpc) is 3.18. The molecular formula is C14H17NO5. The van der Waals surface area contributed by atoms with Crippen LogP contribution in [0.1, 0.15) is 36.5 Å². The molecule has 1 aromatic carbocycles. The van der Waals surface area contributed by atoms with Gasteiger partial charge in [-0.2, -0.15) is 0 Å². The van der Waals surface area contributed by atoms with Gasteiger partial charge in [0.05, 0.1) is 17.9 Å². The maximum atomic E-state index is 11.4. The third-order valence-electron chi connectivity index (χ3n) is 3.73. The molecule has 1 saturated carbocycles. The van der Waals surface area contributed by atoms with Gasteiger partial charge in [-0.25, -0.2) is 0 Å². The molecule has 5 N–H and O–H groups in total. The van der Waals surface area contributed by atoms with Gasteiger partial charge in [0.1, 0.15) is 6.10 Å². The molecule has 2 atom stereocenters. The van der Waals surface area contributed by atoms with Crippen LogP contribution in [0.2, 0.25) is 0 Å². The first kappa shape index (κ1) is 14.5. The van der Waals surface area contributed by atoms with Crippen molar-refractivity contribution in [2.45, 2.75) is 36.9 Å². The van der Waals surface area contributed by atoms with Gasteiger partial charge < -0.3 is 21.1 Å². The minimum Gasteiger partial charge on any atom is -0.481 e. The second kappa shape index (κ2) is 5.22. The van der Waals surface area contributed by atoms with E-state index in [1.54, 1.807) is 24.3 Å². The zero-order valence-electron chi connectivity index (χ0n) is 10.8. The van der Waals surface area contributed by atoms with Gasteiger partial charge in [0.25, 0.3) is 0 Å². The summed E-state index contributed by atoms with van der Waals surface area (Å²) in [7, 11) is 0. The highest BCUT2D eigenvalue weighted by Crippen LogP contribution is 2.50. The number of amides is 1. The van der Waals surface area contributed by atoms with Crippen LogP contribution >= 0.6 is 0 Å². The van der Waals surface area contributed by atoms with Crippen molar-refractivity contribution in [2.75, 3.05) is 0 Å². The number of aliphatic hydroxyl groups excluding tert-OH is 2. The maximum Gasteiger partial charge on any atom is 0.314 e. The fourth-order valence-corrected chi connectivity index (χ4v) is 2.44. The molecule has 0 bridgehead atoms. The van der Waals surface area contributed by atoms with Crippen molar-refractivity contribution in [3.63, 3.8) is 0 Å². The van der Waals surface area contributed by atoms with Gasteiger partial charge in [0, 0.05) is 0 Å². The number of carbonyl (C=O) groups is 2. The molecule has 1 aliphatic rings. The lowest BCUT2D eigenvalue weighted by Crippen LogP contribution is -2.28. The zero-order valence-corrected chi connectivity index (χ0v) is 10.8.